The molecule has 4 heterocycles. The van der Waals surface area contributed by atoms with Crippen LogP contribution in [0.3, 0.4) is 0 Å². The lowest BCUT2D eigenvalue weighted by molar-refractivity contribution is -0.156. The summed E-state index contributed by atoms with van der Waals surface area (Å²) in [5, 5.41) is 3.55. The number of pyridine rings is 3. The second-order valence-corrected chi connectivity index (χ2v) is 10.4. The number of carbonyl (C=O) groups excluding carboxylic acids is 2. The molecule has 4 aromatic heterocycles. The number of amides is 1. The second-order valence-electron chi connectivity index (χ2n) is 10.4. The molecule has 4 rings (SSSR count). The molecule has 0 aliphatic rings. The van der Waals surface area contributed by atoms with Gasteiger partial charge in [0.2, 0.25) is 11.9 Å². The molecule has 4 aromatic rings. The van der Waals surface area contributed by atoms with Crippen molar-refractivity contribution in [1.82, 2.24) is 24.4 Å². The van der Waals surface area contributed by atoms with Crippen LogP contribution < -0.4 is 5.32 Å². The number of rotatable bonds is 8. The Morgan fingerprint density at radius 3 is 2.56 bits per heavy atom. The number of aromatic nitrogens is 4. The molecule has 0 unspecified atom stereocenters. The van der Waals surface area contributed by atoms with Gasteiger partial charge in [0.05, 0.1) is 17.3 Å². The van der Waals surface area contributed by atoms with Gasteiger partial charge < -0.3 is 15.0 Å². The quantitative estimate of drug-likeness (QED) is 0.196. The van der Waals surface area contributed by atoms with Crippen LogP contribution in [0.5, 0.6) is 0 Å². The Labute approximate surface area is 226 Å². The van der Waals surface area contributed by atoms with Gasteiger partial charge in [-0.15, -0.1) is 0 Å². The average molecular weight is 531 g/mol. The van der Waals surface area contributed by atoms with E-state index < -0.39 is 11.4 Å². The fraction of sp³-hybridized carbons (Fsp3) is 0.276. The van der Waals surface area contributed by atoms with Crippen molar-refractivity contribution >= 4 is 28.6 Å². The highest BCUT2D eigenvalue weighted by Gasteiger charge is 2.24. The molecule has 202 valence electrons. The Morgan fingerprint density at radius 2 is 1.85 bits per heavy atom. The van der Waals surface area contributed by atoms with Crippen molar-refractivity contribution in [3.63, 3.8) is 0 Å². The molecular formula is C29H31FN6O3. The van der Waals surface area contributed by atoms with Gasteiger partial charge >= 0.3 is 5.97 Å². The van der Waals surface area contributed by atoms with Gasteiger partial charge in [-0.3, -0.25) is 19.1 Å². The van der Waals surface area contributed by atoms with E-state index in [1.54, 1.807) is 68.3 Å². The minimum Gasteiger partial charge on any atom is -0.443 e. The highest BCUT2D eigenvalue weighted by molar-refractivity contribution is 6.00. The predicted molar refractivity (Wildman–Crippen MR) is 148 cm³/mol. The third-order valence-corrected chi connectivity index (χ3v) is 5.78. The lowest BCUT2D eigenvalue weighted by Gasteiger charge is -2.17. The molecule has 0 atom stereocenters. The molecule has 0 aliphatic carbocycles. The van der Waals surface area contributed by atoms with Crippen molar-refractivity contribution in [3.8, 4) is 22.3 Å². The highest BCUT2D eigenvalue weighted by Crippen LogP contribution is 2.33. The van der Waals surface area contributed by atoms with Gasteiger partial charge in [0.1, 0.15) is 5.65 Å². The number of halogens is 1. The Balaban J connectivity index is 1.69. The van der Waals surface area contributed by atoms with Crippen LogP contribution in [0.15, 0.2) is 67.4 Å². The molecule has 39 heavy (non-hydrogen) atoms. The third-order valence-electron chi connectivity index (χ3n) is 5.78. The number of ether oxygens (including phenoxy) is 1. The van der Waals surface area contributed by atoms with E-state index in [-0.39, 0.29) is 18.6 Å². The minimum absolute atomic E-state index is 0.0447. The monoisotopic (exact) mass is 530 g/mol. The number of hydrogen-bond acceptors (Lipinski definition) is 7. The van der Waals surface area contributed by atoms with Gasteiger partial charge in [-0.05, 0) is 58.6 Å². The predicted octanol–water partition coefficient (Wildman–Crippen LogP) is 4.90. The number of likely N-dealkylation sites (N-methyl/N-ethyl adjacent to an activating group) is 1. The van der Waals surface area contributed by atoms with Gasteiger partial charge in [0.25, 0.3) is 0 Å². The molecule has 0 radical (unpaired) electrons. The van der Waals surface area contributed by atoms with Crippen LogP contribution in [-0.2, 0) is 21.1 Å². The number of fused-ring (bicyclic) bond motifs is 1. The lowest BCUT2D eigenvalue weighted by Crippen LogP contribution is -2.23. The molecular weight excluding hydrogens is 499 g/mol. The van der Waals surface area contributed by atoms with Crippen molar-refractivity contribution < 1.29 is 18.7 Å². The summed E-state index contributed by atoms with van der Waals surface area (Å²) in [6.07, 6.45) is 11.4. The Morgan fingerprint density at radius 1 is 1.08 bits per heavy atom. The summed E-state index contributed by atoms with van der Waals surface area (Å²) in [4.78, 5) is 39.2. The summed E-state index contributed by atoms with van der Waals surface area (Å²) in [5.41, 5.74) is 3.24. The van der Waals surface area contributed by atoms with Crippen LogP contribution in [0.4, 0.5) is 10.1 Å². The molecule has 0 fully saturated rings. The van der Waals surface area contributed by atoms with E-state index >= 15 is 0 Å². The van der Waals surface area contributed by atoms with Gasteiger partial charge in [-0.25, -0.2) is 9.97 Å². The number of nitrogens with zero attached hydrogens (tertiary/aromatic N) is 5. The minimum atomic E-state index is -0.657. The van der Waals surface area contributed by atoms with E-state index in [1.165, 1.54) is 18.3 Å². The molecule has 0 spiro atoms. The molecule has 0 saturated carbocycles. The molecule has 0 aromatic carbocycles. The lowest BCUT2D eigenvalue weighted by atomic mass is 9.98. The Kier molecular flexibility index (Phi) is 8.15. The largest absolute Gasteiger partial charge is 0.443 e. The van der Waals surface area contributed by atoms with Crippen molar-refractivity contribution in [1.29, 1.82) is 0 Å². The zero-order valence-electron chi connectivity index (χ0n) is 22.6. The van der Waals surface area contributed by atoms with Crippen LogP contribution in [0.25, 0.3) is 33.3 Å². The van der Waals surface area contributed by atoms with Crippen molar-refractivity contribution in [3.05, 3.63) is 73.3 Å². The van der Waals surface area contributed by atoms with Gasteiger partial charge in [0.15, 0.2) is 6.73 Å². The summed E-state index contributed by atoms with van der Waals surface area (Å²) in [7, 11) is 3.84. The summed E-state index contributed by atoms with van der Waals surface area (Å²) in [5.74, 6) is -1.21. The highest BCUT2D eigenvalue weighted by atomic mass is 19.1. The molecule has 0 bridgehead atoms. The normalized spacial score (nSPS) is 11.9. The zero-order valence-corrected chi connectivity index (χ0v) is 22.6. The summed E-state index contributed by atoms with van der Waals surface area (Å²) >= 11 is 0. The van der Waals surface area contributed by atoms with Crippen LogP contribution >= 0.6 is 0 Å². The van der Waals surface area contributed by atoms with Crippen LogP contribution in [-0.4, -0.2) is 56.9 Å². The van der Waals surface area contributed by atoms with Crippen molar-refractivity contribution in [2.45, 2.75) is 27.5 Å². The van der Waals surface area contributed by atoms with Gasteiger partial charge in [-0.1, -0.05) is 6.08 Å². The fourth-order valence-corrected chi connectivity index (χ4v) is 3.79. The first-order valence-electron chi connectivity index (χ1n) is 12.4. The van der Waals surface area contributed by atoms with E-state index in [1.807, 2.05) is 25.1 Å². The number of esters is 1. The smallest absolute Gasteiger partial charge is 0.312 e. The number of anilines is 1. The SMILES string of the molecule is CN(C)C/C=C/C(=O)Nc1cncc(-c2cnc3c(c2)c(-c2ccnc(F)c2)cn3COC(=O)C(C)(C)C)c1. The molecule has 1 N–H and O–H groups in total. The van der Waals surface area contributed by atoms with E-state index in [9.17, 15) is 14.0 Å². The zero-order chi connectivity index (χ0) is 28.2. The first kappa shape index (κ1) is 27.6. The van der Waals surface area contributed by atoms with E-state index in [2.05, 4.69) is 20.3 Å². The number of nitrogens with one attached hydrogen (secondary N) is 1. The van der Waals surface area contributed by atoms with Crippen molar-refractivity contribution in [2.75, 3.05) is 26.0 Å². The summed E-state index contributed by atoms with van der Waals surface area (Å²) in [6, 6.07) is 6.77. The Bertz CT molecular complexity index is 1540. The first-order chi connectivity index (χ1) is 18.5. The first-order valence-corrected chi connectivity index (χ1v) is 12.4. The molecule has 10 heteroatoms. The van der Waals surface area contributed by atoms with Gasteiger partial charge in [0, 0.05) is 65.6 Å². The summed E-state index contributed by atoms with van der Waals surface area (Å²) < 4.78 is 21.2. The second kappa shape index (κ2) is 11.5. The van der Waals surface area contributed by atoms with E-state index in [0.29, 0.717) is 29.0 Å². The molecule has 9 nitrogen and oxygen atoms in total. The maximum absolute atomic E-state index is 14.0. The standard InChI is InChI=1S/C29H31FN6O3/c1-29(2,3)28(38)39-18-36-17-24(19-8-9-32-25(30)13-19)23-12-21(15-33-27(23)36)20-11-22(16-31-14-20)34-26(37)7-6-10-35(4)5/h6-9,11-17H,10,18H2,1-5H3,(H,34,37)/b7-6+. The molecule has 0 saturated heterocycles. The Hall–Kier alpha value is -4.44. The number of carbonyl (C=O) groups is 2. The van der Waals surface area contributed by atoms with Crippen LogP contribution in [0.2, 0.25) is 0 Å². The summed E-state index contributed by atoms with van der Waals surface area (Å²) in [6.45, 7) is 5.95. The molecule has 0 aliphatic heterocycles. The topological polar surface area (TPSA) is 102 Å². The average Bonchev–Trinajstić information content (AvgIpc) is 3.24. The maximum atomic E-state index is 14.0. The molecule has 1 amide bonds. The van der Waals surface area contributed by atoms with Crippen molar-refractivity contribution in [2.24, 2.45) is 5.41 Å². The van der Waals surface area contributed by atoms with Gasteiger partial charge in [-0.2, -0.15) is 4.39 Å². The number of hydrogen-bond donors (Lipinski definition) is 1. The van der Waals surface area contributed by atoms with E-state index in [4.69, 9.17) is 4.74 Å². The van der Waals surface area contributed by atoms with Crippen LogP contribution in [0, 0.1) is 11.4 Å². The third kappa shape index (κ3) is 6.91. The maximum Gasteiger partial charge on any atom is 0.312 e. The van der Waals surface area contributed by atoms with Crippen LogP contribution in [0.1, 0.15) is 20.8 Å². The van der Waals surface area contributed by atoms with E-state index in [0.717, 1.165) is 16.5 Å². The fourth-order valence-electron chi connectivity index (χ4n) is 3.79.